The van der Waals surface area contributed by atoms with Crippen molar-refractivity contribution in [1.82, 2.24) is 0 Å². The monoisotopic (exact) mass is 506 g/mol. The highest BCUT2D eigenvalue weighted by Crippen LogP contribution is 2.46. The fourth-order valence-corrected chi connectivity index (χ4v) is 6.54. The molecule has 8 aromatic carbocycles. The van der Waals surface area contributed by atoms with Crippen LogP contribution < -0.4 is 0 Å². The van der Waals surface area contributed by atoms with Gasteiger partial charge in [-0.05, 0) is 82.5 Å². The van der Waals surface area contributed by atoms with E-state index in [0.717, 1.165) is 0 Å². The van der Waals surface area contributed by atoms with Crippen LogP contribution in [0.25, 0.3) is 76.5 Å². The summed E-state index contributed by atoms with van der Waals surface area (Å²) in [5.41, 5.74) is 7.62. The van der Waals surface area contributed by atoms with Crippen LogP contribution in [0.4, 0.5) is 0 Å². The van der Waals surface area contributed by atoms with E-state index in [9.17, 15) is 0 Å². The molecule has 0 N–H and O–H groups in total. The standard InChI is InChI=1S/C40H26/c1-3-14-27(15-4-1)37-26-38-31(29-18-7-8-19-30(29)37)24-13-25-36(38)40-34-22-11-9-20-32(34)39(28-16-5-2-6-17-28)33-21-10-12-23-35(33)40/h1-26H. The van der Waals surface area contributed by atoms with Crippen molar-refractivity contribution in [2.45, 2.75) is 0 Å². The Balaban J connectivity index is 1.55. The summed E-state index contributed by atoms with van der Waals surface area (Å²) in [5.74, 6) is 0. The Bertz CT molecular complexity index is 2130. The molecule has 0 heterocycles. The molecule has 0 aromatic heterocycles. The lowest BCUT2D eigenvalue weighted by Crippen LogP contribution is -1.92. The molecule has 0 unspecified atom stereocenters. The smallest absolute Gasteiger partial charge is 0.00201 e. The first-order valence-corrected chi connectivity index (χ1v) is 13.9. The molecule has 0 aliphatic heterocycles. The summed E-state index contributed by atoms with van der Waals surface area (Å²) in [4.78, 5) is 0. The summed E-state index contributed by atoms with van der Waals surface area (Å²) in [6.07, 6.45) is 0. The lowest BCUT2D eigenvalue weighted by Gasteiger charge is -2.20. The maximum Gasteiger partial charge on any atom is -0.00201 e. The van der Waals surface area contributed by atoms with Gasteiger partial charge in [0.2, 0.25) is 0 Å². The van der Waals surface area contributed by atoms with Gasteiger partial charge in [0.25, 0.3) is 0 Å². The summed E-state index contributed by atoms with van der Waals surface area (Å²) >= 11 is 0. The van der Waals surface area contributed by atoms with Gasteiger partial charge in [-0.1, -0.05) is 152 Å². The predicted molar refractivity (Wildman–Crippen MR) is 173 cm³/mol. The van der Waals surface area contributed by atoms with E-state index in [-0.39, 0.29) is 0 Å². The zero-order valence-electron chi connectivity index (χ0n) is 22.0. The van der Waals surface area contributed by atoms with E-state index in [1.807, 2.05) is 0 Å². The van der Waals surface area contributed by atoms with Crippen LogP contribution in [-0.4, -0.2) is 0 Å². The molecular weight excluding hydrogens is 480 g/mol. The minimum Gasteiger partial charge on any atom is -0.0622 e. The van der Waals surface area contributed by atoms with E-state index in [1.54, 1.807) is 0 Å². The SMILES string of the molecule is c1ccc(-c2c3ccccc3c(-c3cccc4c3cc(-c3ccccc3)c3ccccc34)c3ccccc23)cc1. The molecule has 186 valence electrons. The molecule has 8 aromatic rings. The molecule has 0 aliphatic carbocycles. The predicted octanol–water partition coefficient (Wildman–Crippen LogP) is 11.3. The average molecular weight is 507 g/mol. The minimum atomic E-state index is 1.24. The van der Waals surface area contributed by atoms with Crippen molar-refractivity contribution in [3.05, 3.63) is 158 Å². The van der Waals surface area contributed by atoms with Crippen LogP contribution in [0.1, 0.15) is 0 Å². The molecular formula is C40H26. The van der Waals surface area contributed by atoms with Crippen molar-refractivity contribution in [2.75, 3.05) is 0 Å². The second kappa shape index (κ2) is 9.22. The van der Waals surface area contributed by atoms with Gasteiger partial charge in [-0.25, -0.2) is 0 Å². The Morgan fingerprint density at radius 3 is 1.25 bits per heavy atom. The van der Waals surface area contributed by atoms with Crippen LogP contribution in [0, 0.1) is 0 Å². The van der Waals surface area contributed by atoms with Gasteiger partial charge >= 0.3 is 0 Å². The van der Waals surface area contributed by atoms with Gasteiger partial charge in [0.15, 0.2) is 0 Å². The largest absolute Gasteiger partial charge is 0.0622 e. The molecule has 0 radical (unpaired) electrons. The molecule has 0 nitrogen and oxygen atoms in total. The first-order chi connectivity index (χ1) is 19.9. The van der Waals surface area contributed by atoms with E-state index in [2.05, 4.69) is 158 Å². The maximum atomic E-state index is 2.41. The van der Waals surface area contributed by atoms with Gasteiger partial charge in [-0.15, -0.1) is 0 Å². The van der Waals surface area contributed by atoms with Gasteiger partial charge in [-0.2, -0.15) is 0 Å². The summed E-state index contributed by atoms with van der Waals surface area (Å²) in [7, 11) is 0. The molecule has 0 aliphatic rings. The first kappa shape index (κ1) is 22.8. The van der Waals surface area contributed by atoms with E-state index in [1.165, 1.54) is 76.5 Å². The molecule has 0 spiro atoms. The third-order valence-corrected chi connectivity index (χ3v) is 8.25. The van der Waals surface area contributed by atoms with Crippen LogP contribution in [0.5, 0.6) is 0 Å². The maximum absolute atomic E-state index is 2.41. The van der Waals surface area contributed by atoms with Crippen LogP contribution in [0.15, 0.2) is 158 Å². The molecule has 40 heavy (non-hydrogen) atoms. The van der Waals surface area contributed by atoms with Crippen molar-refractivity contribution in [3.8, 4) is 33.4 Å². The van der Waals surface area contributed by atoms with Crippen molar-refractivity contribution < 1.29 is 0 Å². The lowest BCUT2D eigenvalue weighted by atomic mass is 9.83. The zero-order valence-corrected chi connectivity index (χ0v) is 22.0. The molecule has 0 saturated carbocycles. The quantitative estimate of drug-likeness (QED) is 0.165. The minimum absolute atomic E-state index is 1.24. The number of rotatable bonds is 3. The fourth-order valence-electron chi connectivity index (χ4n) is 6.54. The molecule has 0 atom stereocenters. The van der Waals surface area contributed by atoms with Crippen LogP contribution >= 0.6 is 0 Å². The van der Waals surface area contributed by atoms with Crippen LogP contribution in [0.3, 0.4) is 0 Å². The number of benzene rings is 8. The Kier molecular flexibility index (Phi) is 5.24. The van der Waals surface area contributed by atoms with Crippen molar-refractivity contribution in [2.24, 2.45) is 0 Å². The van der Waals surface area contributed by atoms with Gasteiger partial charge in [-0.3, -0.25) is 0 Å². The molecule has 0 bridgehead atoms. The van der Waals surface area contributed by atoms with Crippen molar-refractivity contribution >= 4 is 43.1 Å². The van der Waals surface area contributed by atoms with E-state index < -0.39 is 0 Å². The molecule has 0 heteroatoms. The van der Waals surface area contributed by atoms with Crippen molar-refractivity contribution in [1.29, 1.82) is 0 Å². The third-order valence-electron chi connectivity index (χ3n) is 8.25. The summed E-state index contributed by atoms with van der Waals surface area (Å²) in [5, 5.41) is 10.3. The number of fused-ring (bicyclic) bond motifs is 5. The molecule has 0 amide bonds. The Morgan fingerprint density at radius 2 is 0.650 bits per heavy atom. The highest BCUT2D eigenvalue weighted by Gasteiger charge is 2.19. The second-order valence-corrected chi connectivity index (χ2v) is 10.4. The third kappa shape index (κ3) is 3.47. The van der Waals surface area contributed by atoms with Gasteiger partial charge in [0, 0.05) is 0 Å². The Morgan fingerprint density at radius 1 is 0.225 bits per heavy atom. The molecule has 8 rings (SSSR count). The molecule has 0 fully saturated rings. The summed E-state index contributed by atoms with van der Waals surface area (Å²) < 4.78 is 0. The number of hydrogen-bond acceptors (Lipinski definition) is 0. The van der Waals surface area contributed by atoms with E-state index in [0.29, 0.717) is 0 Å². The van der Waals surface area contributed by atoms with Crippen LogP contribution in [-0.2, 0) is 0 Å². The van der Waals surface area contributed by atoms with Gasteiger partial charge < -0.3 is 0 Å². The van der Waals surface area contributed by atoms with Gasteiger partial charge in [0.1, 0.15) is 0 Å². The highest BCUT2D eigenvalue weighted by atomic mass is 14.2. The lowest BCUT2D eigenvalue weighted by molar-refractivity contribution is 1.65. The van der Waals surface area contributed by atoms with E-state index in [4.69, 9.17) is 0 Å². The van der Waals surface area contributed by atoms with Crippen molar-refractivity contribution in [3.63, 3.8) is 0 Å². The average Bonchev–Trinajstić information content (AvgIpc) is 3.04. The normalized spacial score (nSPS) is 11.5. The zero-order chi connectivity index (χ0) is 26.5. The fraction of sp³-hybridized carbons (Fsp3) is 0. The second-order valence-electron chi connectivity index (χ2n) is 10.4. The summed E-state index contributed by atoms with van der Waals surface area (Å²) in [6, 6.07) is 57.5. The topological polar surface area (TPSA) is 0 Å². The number of hydrogen-bond donors (Lipinski definition) is 0. The highest BCUT2D eigenvalue weighted by molar-refractivity contribution is 6.25. The Hall–Kier alpha value is -5.20. The van der Waals surface area contributed by atoms with Crippen LogP contribution in [0.2, 0.25) is 0 Å². The first-order valence-electron chi connectivity index (χ1n) is 13.9. The van der Waals surface area contributed by atoms with E-state index >= 15 is 0 Å². The Labute approximate surface area is 233 Å². The van der Waals surface area contributed by atoms with Gasteiger partial charge in [0.05, 0.1) is 0 Å². The molecule has 0 saturated heterocycles. The summed E-state index contributed by atoms with van der Waals surface area (Å²) in [6.45, 7) is 0.